The fourth-order valence-corrected chi connectivity index (χ4v) is 3.18. The summed E-state index contributed by atoms with van der Waals surface area (Å²) < 4.78 is 27.0. The molecule has 3 rings (SSSR count). The van der Waals surface area contributed by atoms with Crippen LogP contribution in [0.1, 0.15) is 11.4 Å². The van der Waals surface area contributed by atoms with Gasteiger partial charge in [0.2, 0.25) is 16.0 Å². The van der Waals surface area contributed by atoms with E-state index in [2.05, 4.69) is 24.7 Å². The minimum absolute atomic E-state index is 0.0147. The molecule has 0 atom stereocenters. The predicted molar refractivity (Wildman–Crippen MR) is 90.5 cm³/mol. The number of aryl methyl sites for hydroxylation is 1. The number of nitrogens with one attached hydrogen (secondary N) is 1. The van der Waals surface area contributed by atoms with Gasteiger partial charge in [0, 0.05) is 6.20 Å². The molecule has 2 aromatic heterocycles. The lowest BCUT2D eigenvalue weighted by Gasteiger charge is -2.08. The van der Waals surface area contributed by atoms with Gasteiger partial charge in [0.1, 0.15) is 11.5 Å². The van der Waals surface area contributed by atoms with Crippen molar-refractivity contribution in [1.29, 1.82) is 0 Å². The molecule has 8 heteroatoms. The van der Waals surface area contributed by atoms with Crippen LogP contribution in [0.5, 0.6) is 0 Å². The third-order valence-electron chi connectivity index (χ3n) is 3.09. The van der Waals surface area contributed by atoms with E-state index < -0.39 is 10.0 Å². The normalized spacial score (nSPS) is 11.2. The van der Waals surface area contributed by atoms with Gasteiger partial charge in [-0.25, -0.2) is 13.4 Å². The zero-order valence-corrected chi connectivity index (χ0v) is 13.7. The van der Waals surface area contributed by atoms with Crippen LogP contribution in [0.15, 0.2) is 54.7 Å². The number of sulfonamides is 1. The Morgan fingerprint density at radius 3 is 2.42 bits per heavy atom. The van der Waals surface area contributed by atoms with Crippen molar-refractivity contribution in [3.8, 4) is 11.5 Å². The summed E-state index contributed by atoms with van der Waals surface area (Å²) in [5.41, 5.74) is 1.23. The lowest BCUT2D eigenvalue weighted by atomic mass is 10.2. The second-order valence-electron chi connectivity index (χ2n) is 5.09. The van der Waals surface area contributed by atoms with Crippen LogP contribution in [0.25, 0.3) is 11.5 Å². The van der Waals surface area contributed by atoms with E-state index in [0.717, 1.165) is 0 Å². The number of nitrogens with zero attached hydrogens (tertiary/aromatic N) is 4. The highest BCUT2D eigenvalue weighted by atomic mass is 32.2. The van der Waals surface area contributed by atoms with E-state index in [4.69, 9.17) is 0 Å². The van der Waals surface area contributed by atoms with E-state index in [1.807, 2.05) is 6.07 Å². The van der Waals surface area contributed by atoms with E-state index in [-0.39, 0.29) is 11.7 Å². The van der Waals surface area contributed by atoms with E-state index in [1.54, 1.807) is 55.6 Å². The molecule has 0 aliphatic carbocycles. The molecule has 1 aromatic carbocycles. The van der Waals surface area contributed by atoms with Gasteiger partial charge >= 0.3 is 0 Å². The van der Waals surface area contributed by atoms with E-state index in [1.165, 1.54) is 0 Å². The Morgan fingerprint density at radius 1 is 0.958 bits per heavy atom. The maximum Gasteiger partial charge on any atom is 0.240 e. The van der Waals surface area contributed by atoms with Gasteiger partial charge in [-0.3, -0.25) is 9.71 Å². The Labute approximate surface area is 139 Å². The fourth-order valence-electron chi connectivity index (χ4n) is 2.11. The minimum Gasteiger partial charge on any atom is -0.253 e. The molecule has 24 heavy (non-hydrogen) atoms. The van der Waals surface area contributed by atoms with Crippen LogP contribution in [0, 0.1) is 6.92 Å². The van der Waals surface area contributed by atoms with Crippen molar-refractivity contribution >= 4 is 16.0 Å². The smallest absolute Gasteiger partial charge is 0.240 e. The molecular formula is C16H15N5O2S. The van der Waals surface area contributed by atoms with E-state index in [9.17, 15) is 8.42 Å². The standard InChI is InChI=1S/C16H15N5O2S/c1-12-18-15(14-9-5-6-10-17-14)20-16(19-12)21-24(22,23)11-13-7-3-2-4-8-13/h2-10H,11H2,1H3,(H,18,19,20,21). The summed E-state index contributed by atoms with van der Waals surface area (Å²) in [5.74, 6) is 0.556. The molecule has 0 saturated heterocycles. The van der Waals surface area contributed by atoms with Crippen LogP contribution < -0.4 is 4.72 Å². The molecule has 0 aliphatic rings. The van der Waals surface area contributed by atoms with Crippen LogP contribution >= 0.6 is 0 Å². The zero-order valence-electron chi connectivity index (χ0n) is 12.9. The Hall–Kier alpha value is -2.87. The number of hydrogen-bond donors (Lipinski definition) is 1. The lowest BCUT2D eigenvalue weighted by Crippen LogP contribution is -2.18. The van der Waals surface area contributed by atoms with Gasteiger partial charge in [-0.2, -0.15) is 9.97 Å². The molecule has 2 heterocycles. The molecule has 0 aliphatic heterocycles. The summed E-state index contributed by atoms with van der Waals surface area (Å²) in [6, 6.07) is 14.2. The van der Waals surface area contributed by atoms with Gasteiger partial charge in [-0.15, -0.1) is 0 Å². The first-order chi connectivity index (χ1) is 11.5. The number of anilines is 1. The van der Waals surface area contributed by atoms with Crippen molar-refractivity contribution in [2.75, 3.05) is 4.72 Å². The first kappa shape index (κ1) is 16.0. The van der Waals surface area contributed by atoms with Gasteiger partial charge < -0.3 is 0 Å². The summed E-state index contributed by atoms with van der Waals surface area (Å²) in [7, 11) is -3.63. The van der Waals surface area contributed by atoms with Crippen molar-refractivity contribution in [2.24, 2.45) is 0 Å². The minimum atomic E-state index is -3.63. The van der Waals surface area contributed by atoms with Gasteiger partial charge in [-0.05, 0) is 24.6 Å². The molecule has 0 amide bonds. The van der Waals surface area contributed by atoms with Gasteiger partial charge in [0.15, 0.2) is 5.82 Å². The van der Waals surface area contributed by atoms with Crippen molar-refractivity contribution in [2.45, 2.75) is 12.7 Å². The molecule has 7 nitrogen and oxygen atoms in total. The molecule has 0 bridgehead atoms. The molecule has 0 radical (unpaired) electrons. The second-order valence-corrected chi connectivity index (χ2v) is 6.81. The Kier molecular flexibility index (Phi) is 4.48. The number of benzene rings is 1. The summed E-state index contributed by atoms with van der Waals surface area (Å²) in [4.78, 5) is 16.6. The van der Waals surface area contributed by atoms with Crippen molar-refractivity contribution in [3.05, 3.63) is 66.1 Å². The number of aromatic nitrogens is 4. The third kappa shape index (κ3) is 4.11. The SMILES string of the molecule is Cc1nc(NS(=O)(=O)Cc2ccccc2)nc(-c2ccccn2)n1. The highest BCUT2D eigenvalue weighted by Gasteiger charge is 2.15. The number of rotatable bonds is 5. The zero-order chi connectivity index (χ0) is 17.0. The van der Waals surface area contributed by atoms with Crippen LogP contribution in [-0.4, -0.2) is 28.4 Å². The van der Waals surface area contributed by atoms with E-state index >= 15 is 0 Å². The van der Waals surface area contributed by atoms with Crippen molar-refractivity contribution < 1.29 is 8.42 Å². The Balaban J connectivity index is 1.86. The molecule has 0 spiro atoms. The number of hydrogen-bond acceptors (Lipinski definition) is 6. The monoisotopic (exact) mass is 341 g/mol. The maximum atomic E-state index is 12.3. The molecular weight excluding hydrogens is 326 g/mol. The Bertz CT molecular complexity index is 931. The lowest BCUT2D eigenvalue weighted by molar-refractivity contribution is 0.600. The fraction of sp³-hybridized carbons (Fsp3) is 0.125. The molecule has 122 valence electrons. The summed E-state index contributed by atoms with van der Waals surface area (Å²) >= 11 is 0. The van der Waals surface area contributed by atoms with E-state index in [0.29, 0.717) is 22.9 Å². The quantitative estimate of drug-likeness (QED) is 0.764. The number of pyridine rings is 1. The first-order valence-electron chi connectivity index (χ1n) is 7.20. The highest BCUT2D eigenvalue weighted by Crippen LogP contribution is 2.14. The molecule has 0 saturated carbocycles. The van der Waals surface area contributed by atoms with Gasteiger partial charge in [-0.1, -0.05) is 36.4 Å². The molecule has 0 fully saturated rings. The topological polar surface area (TPSA) is 97.7 Å². The summed E-state index contributed by atoms with van der Waals surface area (Å²) in [6.45, 7) is 1.67. The predicted octanol–water partition coefficient (Wildman–Crippen LogP) is 2.18. The second kappa shape index (κ2) is 6.71. The van der Waals surface area contributed by atoms with Crippen molar-refractivity contribution in [1.82, 2.24) is 19.9 Å². The summed E-state index contributed by atoms with van der Waals surface area (Å²) in [5, 5.41) is 0. The van der Waals surface area contributed by atoms with Gasteiger partial charge in [0.05, 0.1) is 5.75 Å². The van der Waals surface area contributed by atoms with Crippen molar-refractivity contribution in [3.63, 3.8) is 0 Å². The highest BCUT2D eigenvalue weighted by molar-refractivity contribution is 7.91. The largest absolute Gasteiger partial charge is 0.253 e. The Morgan fingerprint density at radius 2 is 1.71 bits per heavy atom. The third-order valence-corrected chi connectivity index (χ3v) is 4.29. The summed E-state index contributed by atoms with van der Waals surface area (Å²) in [6.07, 6.45) is 1.62. The van der Waals surface area contributed by atoms with Crippen LogP contribution in [0.2, 0.25) is 0 Å². The molecule has 0 unspecified atom stereocenters. The van der Waals surface area contributed by atoms with Crippen LogP contribution in [-0.2, 0) is 15.8 Å². The van der Waals surface area contributed by atoms with Gasteiger partial charge in [0.25, 0.3) is 0 Å². The van der Waals surface area contributed by atoms with Crippen LogP contribution in [0.4, 0.5) is 5.95 Å². The average Bonchev–Trinajstić information content (AvgIpc) is 2.55. The maximum absolute atomic E-state index is 12.3. The van der Waals surface area contributed by atoms with Crippen LogP contribution in [0.3, 0.4) is 0 Å². The first-order valence-corrected chi connectivity index (χ1v) is 8.85. The molecule has 1 N–H and O–H groups in total. The molecule has 3 aromatic rings. The average molecular weight is 341 g/mol.